The lowest BCUT2D eigenvalue weighted by molar-refractivity contribution is -0.113. The van der Waals surface area contributed by atoms with E-state index in [1.165, 1.54) is 23.1 Å². The van der Waals surface area contributed by atoms with E-state index in [4.69, 9.17) is 5.73 Å². The van der Waals surface area contributed by atoms with Crippen molar-refractivity contribution in [2.45, 2.75) is 6.92 Å². The van der Waals surface area contributed by atoms with E-state index in [9.17, 15) is 4.79 Å². The molecule has 1 aliphatic rings. The molecule has 1 saturated heterocycles. The number of carbonyl (C=O) groups is 1. The van der Waals surface area contributed by atoms with E-state index in [2.05, 4.69) is 9.98 Å². The molecule has 3 aromatic rings. The van der Waals surface area contributed by atoms with Gasteiger partial charge in [-0.3, -0.25) is 9.69 Å². The van der Waals surface area contributed by atoms with Crippen LogP contribution in [-0.2, 0) is 4.79 Å². The van der Waals surface area contributed by atoms with Crippen molar-refractivity contribution in [1.29, 1.82) is 0 Å². The van der Waals surface area contributed by atoms with Crippen molar-refractivity contribution < 1.29 is 4.79 Å². The molecule has 0 unspecified atom stereocenters. The van der Waals surface area contributed by atoms with Crippen LogP contribution in [0.5, 0.6) is 0 Å². The molecule has 5 nitrogen and oxygen atoms in total. The number of benzene rings is 2. The second-order valence-electron chi connectivity index (χ2n) is 5.86. The first-order valence-corrected chi connectivity index (χ1v) is 9.95. The Morgan fingerprint density at radius 2 is 1.85 bits per heavy atom. The van der Waals surface area contributed by atoms with E-state index < -0.39 is 0 Å². The molecule has 2 N–H and O–H groups in total. The molecule has 0 aliphatic carbocycles. The lowest BCUT2D eigenvalue weighted by atomic mass is 10.1. The van der Waals surface area contributed by atoms with Crippen molar-refractivity contribution in [3.63, 3.8) is 0 Å². The van der Waals surface area contributed by atoms with Gasteiger partial charge in [0.15, 0.2) is 5.17 Å². The van der Waals surface area contributed by atoms with Crippen LogP contribution in [0.4, 0.5) is 16.5 Å². The van der Waals surface area contributed by atoms with E-state index in [1.54, 1.807) is 11.1 Å². The molecule has 2 heterocycles. The quantitative estimate of drug-likeness (QED) is 0.507. The Balaban J connectivity index is 1.81. The SMILES string of the molecule is C/C(=C1/S/C(=N/c2nccs2)N(c2ccccc2)C1=O)c1ccc(N)cc1. The molecule has 0 radical (unpaired) electrons. The van der Waals surface area contributed by atoms with Crippen molar-refractivity contribution in [3.05, 3.63) is 76.6 Å². The average molecular weight is 393 g/mol. The van der Waals surface area contributed by atoms with Gasteiger partial charge in [0.1, 0.15) is 0 Å². The molecular weight excluding hydrogens is 376 g/mol. The Kier molecular flexibility index (Phi) is 4.79. The minimum Gasteiger partial charge on any atom is -0.399 e. The molecule has 0 spiro atoms. The first-order chi connectivity index (χ1) is 13.1. The number of para-hydroxylation sites is 1. The van der Waals surface area contributed by atoms with Crippen LogP contribution in [0.15, 0.2) is 76.1 Å². The fraction of sp³-hybridized carbons (Fsp3) is 0.0500. The fourth-order valence-electron chi connectivity index (χ4n) is 2.70. The molecule has 0 bridgehead atoms. The number of amidine groups is 1. The Morgan fingerprint density at radius 1 is 1.11 bits per heavy atom. The molecule has 1 aliphatic heterocycles. The standard InChI is InChI=1S/C20H16N4OS2/c1-13(14-7-9-15(21)10-8-14)17-18(25)24(16-5-3-2-4-6-16)20(27-17)23-19-22-11-12-26-19/h2-12H,21H2,1H3/b17-13-,23-20+. The number of amides is 1. The summed E-state index contributed by atoms with van der Waals surface area (Å²) in [7, 11) is 0. The molecule has 0 saturated carbocycles. The molecule has 1 amide bonds. The number of hydrogen-bond acceptors (Lipinski definition) is 6. The number of anilines is 2. The Bertz CT molecular complexity index is 1030. The third-order valence-electron chi connectivity index (χ3n) is 4.09. The van der Waals surface area contributed by atoms with E-state index in [0.29, 0.717) is 20.9 Å². The number of nitrogens with zero attached hydrogens (tertiary/aromatic N) is 3. The van der Waals surface area contributed by atoms with Crippen LogP contribution in [0.25, 0.3) is 5.57 Å². The maximum absolute atomic E-state index is 13.3. The Morgan fingerprint density at radius 3 is 2.52 bits per heavy atom. The van der Waals surface area contributed by atoms with E-state index in [-0.39, 0.29) is 5.91 Å². The third kappa shape index (κ3) is 3.51. The van der Waals surface area contributed by atoms with Gasteiger partial charge in [0.25, 0.3) is 5.91 Å². The van der Waals surface area contributed by atoms with Gasteiger partial charge in [-0.2, -0.15) is 4.99 Å². The molecule has 27 heavy (non-hydrogen) atoms. The molecule has 134 valence electrons. The number of rotatable bonds is 3. The predicted octanol–water partition coefficient (Wildman–Crippen LogP) is 4.92. The van der Waals surface area contributed by atoms with Crippen LogP contribution in [0.3, 0.4) is 0 Å². The number of nitrogen functional groups attached to an aromatic ring is 1. The molecule has 0 atom stereocenters. The van der Waals surface area contributed by atoms with Crippen molar-refractivity contribution in [3.8, 4) is 0 Å². The van der Waals surface area contributed by atoms with Gasteiger partial charge < -0.3 is 5.73 Å². The second kappa shape index (κ2) is 7.38. The topological polar surface area (TPSA) is 71.6 Å². The summed E-state index contributed by atoms with van der Waals surface area (Å²) in [4.78, 5) is 24.4. The van der Waals surface area contributed by atoms with Gasteiger partial charge in [-0.25, -0.2) is 4.98 Å². The van der Waals surface area contributed by atoms with Crippen molar-refractivity contribution in [1.82, 2.24) is 4.98 Å². The van der Waals surface area contributed by atoms with Crippen LogP contribution in [0, 0.1) is 0 Å². The summed E-state index contributed by atoms with van der Waals surface area (Å²) in [5, 5.41) is 3.09. The smallest absolute Gasteiger partial charge is 0.271 e. The number of aliphatic imine (C=N–C) groups is 1. The van der Waals surface area contributed by atoms with Gasteiger partial charge in [0.05, 0.1) is 10.6 Å². The largest absolute Gasteiger partial charge is 0.399 e. The number of nitrogens with two attached hydrogens (primary N) is 1. The van der Waals surface area contributed by atoms with Gasteiger partial charge in [0, 0.05) is 17.3 Å². The normalized spacial score (nSPS) is 17.6. The maximum atomic E-state index is 13.3. The zero-order chi connectivity index (χ0) is 18.8. The van der Waals surface area contributed by atoms with Crippen LogP contribution in [0.1, 0.15) is 12.5 Å². The van der Waals surface area contributed by atoms with Gasteiger partial charge >= 0.3 is 0 Å². The molecule has 4 rings (SSSR count). The van der Waals surface area contributed by atoms with Crippen molar-refractivity contribution in [2.75, 3.05) is 10.6 Å². The lowest BCUT2D eigenvalue weighted by Crippen LogP contribution is -2.28. The monoisotopic (exact) mass is 392 g/mol. The summed E-state index contributed by atoms with van der Waals surface area (Å²) in [6.45, 7) is 1.95. The van der Waals surface area contributed by atoms with Crippen LogP contribution < -0.4 is 10.6 Å². The summed E-state index contributed by atoms with van der Waals surface area (Å²) in [6.07, 6.45) is 1.70. The van der Waals surface area contributed by atoms with Gasteiger partial charge in [0.2, 0.25) is 5.13 Å². The van der Waals surface area contributed by atoms with E-state index in [1.807, 2.05) is 66.9 Å². The van der Waals surface area contributed by atoms with Gasteiger partial charge in [-0.05, 0) is 54.1 Å². The Labute approximate surface area is 165 Å². The zero-order valence-electron chi connectivity index (χ0n) is 14.5. The molecule has 2 aromatic carbocycles. The molecule has 1 fully saturated rings. The first-order valence-electron chi connectivity index (χ1n) is 8.26. The average Bonchev–Trinajstić information content (AvgIpc) is 3.31. The summed E-state index contributed by atoms with van der Waals surface area (Å²) in [6, 6.07) is 17.1. The zero-order valence-corrected chi connectivity index (χ0v) is 16.1. The first kappa shape index (κ1) is 17.5. The maximum Gasteiger partial charge on any atom is 0.271 e. The summed E-state index contributed by atoms with van der Waals surface area (Å²) < 4.78 is 0. The second-order valence-corrected chi connectivity index (χ2v) is 7.71. The van der Waals surface area contributed by atoms with Crippen molar-refractivity contribution in [2.24, 2.45) is 4.99 Å². The number of hydrogen-bond donors (Lipinski definition) is 1. The minimum atomic E-state index is -0.0872. The number of carbonyl (C=O) groups excluding carboxylic acids is 1. The van der Waals surface area contributed by atoms with Crippen molar-refractivity contribution >= 4 is 56.3 Å². The molecular formula is C20H16N4OS2. The van der Waals surface area contributed by atoms with Crippen LogP contribution in [0.2, 0.25) is 0 Å². The third-order valence-corrected chi connectivity index (χ3v) is 5.90. The predicted molar refractivity (Wildman–Crippen MR) is 114 cm³/mol. The fourth-order valence-corrected chi connectivity index (χ4v) is 4.31. The highest BCUT2D eigenvalue weighted by Crippen LogP contribution is 2.40. The number of aromatic nitrogens is 1. The summed E-state index contributed by atoms with van der Waals surface area (Å²) >= 11 is 2.80. The van der Waals surface area contributed by atoms with Crippen LogP contribution in [-0.4, -0.2) is 16.1 Å². The van der Waals surface area contributed by atoms with E-state index >= 15 is 0 Å². The highest BCUT2D eigenvalue weighted by Gasteiger charge is 2.36. The van der Waals surface area contributed by atoms with Gasteiger partial charge in [-0.15, -0.1) is 11.3 Å². The Hall–Kier alpha value is -2.90. The number of allylic oxidation sites excluding steroid dienone is 1. The highest BCUT2D eigenvalue weighted by atomic mass is 32.2. The minimum absolute atomic E-state index is 0.0872. The summed E-state index contributed by atoms with van der Waals surface area (Å²) in [5.74, 6) is -0.0872. The highest BCUT2D eigenvalue weighted by molar-refractivity contribution is 8.19. The number of thioether (sulfide) groups is 1. The summed E-state index contributed by atoms with van der Waals surface area (Å²) in [5.41, 5.74) is 9.12. The van der Waals surface area contributed by atoms with E-state index in [0.717, 1.165) is 16.8 Å². The van der Waals surface area contributed by atoms with Crippen LogP contribution >= 0.6 is 23.1 Å². The van der Waals surface area contributed by atoms with Gasteiger partial charge in [-0.1, -0.05) is 30.3 Å². The lowest BCUT2D eigenvalue weighted by Gasteiger charge is -2.15. The molecule has 1 aromatic heterocycles. The number of thiazole rings is 1. The molecule has 7 heteroatoms.